The molecule has 9 heteroatoms. The molecule has 182 valence electrons. The number of nitrogens with two attached hydrogens (primary N) is 1. The van der Waals surface area contributed by atoms with Crippen LogP contribution in [-0.2, 0) is 4.79 Å². The number of aryl methyl sites for hydroxylation is 1. The minimum Gasteiger partial charge on any atom is -0.369 e. The first-order valence-corrected chi connectivity index (χ1v) is 12.5. The molecule has 1 aliphatic rings. The van der Waals surface area contributed by atoms with Crippen LogP contribution in [0.1, 0.15) is 39.1 Å². The Kier molecular flexibility index (Phi) is 6.39. The summed E-state index contributed by atoms with van der Waals surface area (Å²) >= 11 is 1.50. The molecule has 3 amide bonds. The molecule has 5 N–H and O–H groups in total. The number of nitrogens with one attached hydrogen (secondary N) is 3. The van der Waals surface area contributed by atoms with Gasteiger partial charge in [-0.25, -0.2) is 4.98 Å². The molecule has 0 atom stereocenters. The van der Waals surface area contributed by atoms with Gasteiger partial charge in [0.1, 0.15) is 0 Å². The zero-order chi connectivity index (χ0) is 25.2. The fraction of sp³-hybridized carbons (Fsp3) is 0.185. The van der Waals surface area contributed by atoms with Gasteiger partial charge in [0, 0.05) is 39.3 Å². The quantitative estimate of drug-likeness (QED) is 0.296. The lowest BCUT2D eigenvalue weighted by atomic mass is 9.80. The van der Waals surface area contributed by atoms with Gasteiger partial charge in [0.25, 0.3) is 11.8 Å². The molecule has 2 aromatic heterocycles. The first-order valence-electron chi connectivity index (χ1n) is 11.6. The van der Waals surface area contributed by atoms with Gasteiger partial charge in [-0.15, -0.1) is 11.3 Å². The molecule has 36 heavy (non-hydrogen) atoms. The van der Waals surface area contributed by atoms with Crippen molar-refractivity contribution in [2.24, 2.45) is 11.7 Å². The number of hydrogen-bond donors (Lipinski definition) is 4. The molecule has 0 bridgehead atoms. The van der Waals surface area contributed by atoms with Crippen LogP contribution in [0.4, 0.5) is 17.2 Å². The van der Waals surface area contributed by atoms with Crippen molar-refractivity contribution in [3.05, 3.63) is 82.9 Å². The Morgan fingerprint density at radius 1 is 1.00 bits per heavy atom. The Hall–Kier alpha value is -4.24. The van der Waals surface area contributed by atoms with Crippen molar-refractivity contribution in [2.45, 2.75) is 25.8 Å². The number of benzene rings is 2. The molecule has 2 heterocycles. The van der Waals surface area contributed by atoms with E-state index in [9.17, 15) is 14.4 Å². The number of aromatic nitrogens is 1. The van der Waals surface area contributed by atoms with Crippen molar-refractivity contribution in [1.82, 2.24) is 10.3 Å². The molecule has 1 saturated carbocycles. The number of anilines is 3. The lowest BCUT2D eigenvalue weighted by molar-refractivity contribution is -0.124. The second-order valence-corrected chi connectivity index (χ2v) is 9.81. The predicted molar refractivity (Wildman–Crippen MR) is 142 cm³/mol. The third-order valence-electron chi connectivity index (χ3n) is 6.40. The number of rotatable bonds is 7. The minimum atomic E-state index is -0.347. The highest BCUT2D eigenvalue weighted by Crippen LogP contribution is 2.31. The zero-order valence-electron chi connectivity index (χ0n) is 19.6. The molecule has 0 spiro atoms. The van der Waals surface area contributed by atoms with Gasteiger partial charge in [0.2, 0.25) is 5.91 Å². The third kappa shape index (κ3) is 4.78. The van der Waals surface area contributed by atoms with Crippen molar-refractivity contribution in [3.8, 4) is 0 Å². The Bertz CT molecular complexity index is 1480. The molecule has 2 aromatic carbocycles. The summed E-state index contributed by atoms with van der Waals surface area (Å²) in [6, 6.07) is 16.9. The summed E-state index contributed by atoms with van der Waals surface area (Å²) in [6.45, 7) is 1.97. The van der Waals surface area contributed by atoms with Crippen molar-refractivity contribution in [2.75, 3.05) is 10.6 Å². The van der Waals surface area contributed by atoms with E-state index in [0.29, 0.717) is 35.5 Å². The Morgan fingerprint density at radius 2 is 1.75 bits per heavy atom. The van der Waals surface area contributed by atoms with Crippen LogP contribution in [0.2, 0.25) is 0 Å². The number of primary amides is 1. The number of carbonyl (C=O) groups excluding carboxylic acids is 3. The Labute approximate surface area is 211 Å². The van der Waals surface area contributed by atoms with Crippen LogP contribution in [-0.4, -0.2) is 28.7 Å². The van der Waals surface area contributed by atoms with E-state index >= 15 is 0 Å². The molecule has 0 aliphatic heterocycles. The van der Waals surface area contributed by atoms with E-state index in [1.807, 2.05) is 60.8 Å². The van der Waals surface area contributed by atoms with E-state index in [-0.39, 0.29) is 29.7 Å². The third-order valence-corrected chi connectivity index (χ3v) is 7.36. The average molecular weight is 500 g/mol. The Balaban J connectivity index is 1.42. The van der Waals surface area contributed by atoms with E-state index in [1.54, 1.807) is 6.07 Å². The molecule has 0 radical (unpaired) electrons. The number of amides is 3. The number of pyridine rings is 1. The normalized spacial score (nSPS) is 16.7. The van der Waals surface area contributed by atoms with Gasteiger partial charge in [-0.3, -0.25) is 14.4 Å². The van der Waals surface area contributed by atoms with Gasteiger partial charge in [0.15, 0.2) is 5.82 Å². The lowest BCUT2D eigenvalue weighted by Crippen LogP contribution is -2.48. The molecule has 0 saturated heterocycles. The SMILES string of the molecule is Cc1ccccc1Nc1ncc(C(=O)NC2CC(C(N)=O)C2)cc1NC(=O)c1csc2ccccc12. The smallest absolute Gasteiger partial charge is 0.257 e. The summed E-state index contributed by atoms with van der Waals surface area (Å²) in [5.74, 6) is -0.743. The minimum absolute atomic E-state index is 0.116. The topological polar surface area (TPSA) is 126 Å². The number of fused-ring (bicyclic) bond motifs is 1. The second-order valence-electron chi connectivity index (χ2n) is 8.90. The van der Waals surface area contributed by atoms with E-state index in [1.165, 1.54) is 17.5 Å². The van der Waals surface area contributed by atoms with E-state index in [4.69, 9.17) is 5.73 Å². The standard InChI is InChI=1S/C27H25N5O3S/c1-15-6-2-4-8-21(15)31-25-22(32-27(35)20-14-36-23-9-5-3-7-19(20)23)12-17(13-29-25)26(34)30-18-10-16(11-18)24(28)33/h2-9,12-14,16,18H,10-11H2,1H3,(H2,28,33)(H,29,31)(H,30,34)(H,32,35). The van der Waals surface area contributed by atoms with Crippen molar-refractivity contribution in [1.29, 1.82) is 0 Å². The fourth-order valence-corrected chi connectivity index (χ4v) is 5.15. The molecular formula is C27H25N5O3S. The Morgan fingerprint density at radius 3 is 2.53 bits per heavy atom. The fourth-order valence-electron chi connectivity index (χ4n) is 4.20. The van der Waals surface area contributed by atoms with Crippen LogP contribution in [0.15, 0.2) is 66.2 Å². The molecule has 0 unspecified atom stereocenters. The van der Waals surface area contributed by atoms with Crippen LogP contribution in [0.3, 0.4) is 0 Å². The van der Waals surface area contributed by atoms with Gasteiger partial charge in [-0.2, -0.15) is 0 Å². The molecule has 5 rings (SSSR count). The van der Waals surface area contributed by atoms with Crippen LogP contribution < -0.4 is 21.7 Å². The number of thiophene rings is 1. The van der Waals surface area contributed by atoms with Crippen molar-refractivity contribution < 1.29 is 14.4 Å². The molecule has 4 aromatic rings. The summed E-state index contributed by atoms with van der Waals surface area (Å²) in [6.07, 6.45) is 2.52. The first-order chi connectivity index (χ1) is 17.4. The zero-order valence-corrected chi connectivity index (χ0v) is 20.4. The largest absolute Gasteiger partial charge is 0.369 e. The van der Waals surface area contributed by atoms with Crippen LogP contribution in [0.25, 0.3) is 10.1 Å². The average Bonchev–Trinajstić information content (AvgIpc) is 3.27. The second kappa shape index (κ2) is 9.79. The summed E-state index contributed by atoms with van der Waals surface area (Å²) in [7, 11) is 0. The summed E-state index contributed by atoms with van der Waals surface area (Å²) in [5, 5.41) is 11.8. The highest BCUT2D eigenvalue weighted by molar-refractivity contribution is 7.17. The van der Waals surface area contributed by atoms with E-state index < -0.39 is 0 Å². The highest BCUT2D eigenvalue weighted by atomic mass is 32.1. The van der Waals surface area contributed by atoms with E-state index in [2.05, 4.69) is 20.9 Å². The van der Waals surface area contributed by atoms with Gasteiger partial charge in [-0.05, 0) is 43.5 Å². The maximum Gasteiger partial charge on any atom is 0.257 e. The first kappa shape index (κ1) is 23.5. The van der Waals surface area contributed by atoms with Gasteiger partial charge in [0.05, 0.1) is 16.8 Å². The van der Waals surface area contributed by atoms with Crippen molar-refractivity contribution in [3.63, 3.8) is 0 Å². The number of hydrogen-bond acceptors (Lipinski definition) is 6. The summed E-state index contributed by atoms with van der Waals surface area (Å²) in [4.78, 5) is 41.9. The number of carbonyl (C=O) groups is 3. The van der Waals surface area contributed by atoms with Gasteiger partial charge in [-0.1, -0.05) is 36.4 Å². The molecular weight excluding hydrogens is 474 g/mol. The van der Waals surface area contributed by atoms with Gasteiger partial charge < -0.3 is 21.7 Å². The van der Waals surface area contributed by atoms with Crippen molar-refractivity contribution >= 4 is 56.3 Å². The summed E-state index contributed by atoms with van der Waals surface area (Å²) < 4.78 is 1.02. The lowest BCUT2D eigenvalue weighted by Gasteiger charge is -2.33. The monoisotopic (exact) mass is 499 g/mol. The highest BCUT2D eigenvalue weighted by Gasteiger charge is 2.34. The van der Waals surface area contributed by atoms with Gasteiger partial charge >= 0.3 is 0 Å². The summed E-state index contributed by atoms with van der Waals surface area (Å²) in [5.41, 5.74) is 8.42. The predicted octanol–water partition coefficient (Wildman–Crippen LogP) is 4.59. The van der Waals surface area contributed by atoms with Crippen LogP contribution in [0.5, 0.6) is 0 Å². The maximum atomic E-state index is 13.3. The number of para-hydroxylation sites is 1. The van der Waals surface area contributed by atoms with E-state index in [0.717, 1.165) is 21.3 Å². The molecule has 8 nitrogen and oxygen atoms in total. The van der Waals surface area contributed by atoms with Crippen LogP contribution >= 0.6 is 11.3 Å². The number of nitrogens with zero attached hydrogens (tertiary/aromatic N) is 1. The molecule has 1 fully saturated rings. The molecule has 1 aliphatic carbocycles. The van der Waals surface area contributed by atoms with Crippen LogP contribution in [0, 0.1) is 12.8 Å². The maximum absolute atomic E-state index is 13.3.